The van der Waals surface area contributed by atoms with Crippen molar-refractivity contribution in [2.45, 2.75) is 18.7 Å². The molecule has 6 nitrogen and oxygen atoms in total. The van der Waals surface area contributed by atoms with Gasteiger partial charge >= 0.3 is 0 Å². The molecule has 0 unspecified atom stereocenters. The number of aromatic nitrogens is 1. The van der Waals surface area contributed by atoms with Crippen molar-refractivity contribution < 1.29 is 8.42 Å². The number of sulfonamides is 1. The van der Waals surface area contributed by atoms with Crippen LogP contribution in [0.25, 0.3) is 0 Å². The minimum atomic E-state index is -3.51. The van der Waals surface area contributed by atoms with E-state index in [9.17, 15) is 8.42 Å². The van der Waals surface area contributed by atoms with Crippen LogP contribution in [0.2, 0.25) is 0 Å². The van der Waals surface area contributed by atoms with Crippen LogP contribution in [-0.2, 0) is 10.0 Å². The van der Waals surface area contributed by atoms with Gasteiger partial charge in [0.15, 0.2) is 0 Å². The van der Waals surface area contributed by atoms with Crippen LogP contribution in [0.4, 0.5) is 5.82 Å². The van der Waals surface area contributed by atoms with Gasteiger partial charge in [0.2, 0.25) is 10.0 Å². The van der Waals surface area contributed by atoms with Crippen molar-refractivity contribution in [3.63, 3.8) is 0 Å². The van der Waals surface area contributed by atoms with E-state index >= 15 is 0 Å². The largest absolute Gasteiger partial charge is 0.368 e. The highest BCUT2D eigenvalue weighted by atomic mass is 32.2. The van der Waals surface area contributed by atoms with E-state index in [0.717, 1.165) is 9.75 Å². The molecule has 22 heavy (non-hydrogen) atoms. The lowest BCUT2D eigenvalue weighted by atomic mass is 10.3. The van der Waals surface area contributed by atoms with Gasteiger partial charge < -0.3 is 5.32 Å². The van der Waals surface area contributed by atoms with Crippen LogP contribution >= 0.6 is 11.3 Å². The second kappa shape index (κ2) is 6.87. The molecule has 0 saturated heterocycles. The molecule has 0 aliphatic rings. The fourth-order valence-electron chi connectivity index (χ4n) is 1.95. The highest BCUT2D eigenvalue weighted by molar-refractivity contribution is 7.89. The summed E-state index contributed by atoms with van der Waals surface area (Å²) in [6, 6.07) is 7.02. The molecule has 0 fully saturated rings. The number of rotatable bonds is 6. The number of pyridine rings is 1. The van der Waals surface area contributed by atoms with E-state index in [1.807, 2.05) is 13.0 Å². The molecule has 8 heteroatoms. The van der Waals surface area contributed by atoms with E-state index in [0.29, 0.717) is 22.8 Å². The monoisotopic (exact) mass is 336 g/mol. The van der Waals surface area contributed by atoms with Crippen molar-refractivity contribution >= 4 is 27.2 Å². The Hall–Kier alpha value is -1.95. The van der Waals surface area contributed by atoms with Crippen molar-refractivity contribution in [2.75, 3.05) is 18.4 Å². The van der Waals surface area contributed by atoms with Crippen LogP contribution in [-0.4, -0.2) is 26.5 Å². The van der Waals surface area contributed by atoms with Crippen molar-refractivity contribution in [2.24, 2.45) is 0 Å². The Kier molecular flexibility index (Phi) is 5.13. The predicted molar refractivity (Wildman–Crippen MR) is 86.4 cm³/mol. The molecule has 2 aromatic rings. The second-order valence-corrected chi connectivity index (χ2v) is 7.81. The molecule has 0 amide bonds. The lowest BCUT2D eigenvalue weighted by molar-refractivity contribution is 0.582. The topological polar surface area (TPSA) is 94.9 Å². The predicted octanol–water partition coefficient (Wildman–Crippen LogP) is 2.02. The number of thiophene rings is 1. The normalized spacial score (nSPS) is 11.1. The van der Waals surface area contributed by atoms with Gasteiger partial charge in [0.25, 0.3) is 0 Å². The Morgan fingerprint density at radius 2 is 2.14 bits per heavy atom. The number of hydrogen-bond acceptors (Lipinski definition) is 6. The number of hydrogen-bond donors (Lipinski definition) is 2. The number of nitrogens with one attached hydrogen (secondary N) is 2. The molecule has 2 aromatic heterocycles. The average molecular weight is 336 g/mol. The Morgan fingerprint density at radius 3 is 2.77 bits per heavy atom. The summed E-state index contributed by atoms with van der Waals surface area (Å²) in [6.45, 7) is 4.21. The molecule has 2 rings (SSSR count). The molecule has 2 heterocycles. The summed E-state index contributed by atoms with van der Waals surface area (Å²) in [7, 11) is -3.51. The first-order chi connectivity index (χ1) is 10.4. The molecular weight excluding hydrogens is 320 g/mol. The molecule has 0 radical (unpaired) electrons. The highest BCUT2D eigenvalue weighted by Gasteiger charge is 2.18. The van der Waals surface area contributed by atoms with Gasteiger partial charge in [0.1, 0.15) is 11.9 Å². The summed E-state index contributed by atoms with van der Waals surface area (Å²) in [5.41, 5.74) is 0.426. The number of nitriles is 1. The van der Waals surface area contributed by atoms with Gasteiger partial charge in [-0.3, -0.25) is 0 Å². The highest BCUT2D eigenvalue weighted by Crippen LogP contribution is 2.24. The van der Waals surface area contributed by atoms with Gasteiger partial charge in [0.05, 0.1) is 10.5 Å². The van der Waals surface area contributed by atoms with Crippen LogP contribution in [0, 0.1) is 25.2 Å². The quantitative estimate of drug-likeness (QED) is 0.787. The molecule has 2 N–H and O–H groups in total. The van der Waals surface area contributed by atoms with Crippen molar-refractivity contribution in [3.8, 4) is 6.07 Å². The van der Waals surface area contributed by atoms with Crippen LogP contribution in [0.3, 0.4) is 0 Å². The zero-order valence-corrected chi connectivity index (χ0v) is 13.9. The number of aryl methyl sites for hydroxylation is 2. The maximum Gasteiger partial charge on any atom is 0.241 e. The fraction of sp³-hybridized carbons (Fsp3) is 0.286. The van der Waals surface area contributed by atoms with E-state index < -0.39 is 10.0 Å². The summed E-state index contributed by atoms with van der Waals surface area (Å²) in [4.78, 5) is 6.11. The Balaban J connectivity index is 1.94. The lowest BCUT2D eigenvalue weighted by Gasteiger charge is -2.08. The Morgan fingerprint density at radius 1 is 1.36 bits per heavy atom. The van der Waals surface area contributed by atoms with Gasteiger partial charge in [-0.15, -0.1) is 11.3 Å². The number of anilines is 1. The molecule has 0 atom stereocenters. The molecule has 0 bridgehead atoms. The maximum absolute atomic E-state index is 12.2. The van der Waals surface area contributed by atoms with Crippen LogP contribution in [0.1, 0.15) is 15.3 Å². The SMILES string of the molecule is Cc1cc(S(=O)(=O)NCCNc2ncccc2C#N)c(C)s1. The van der Waals surface area contributed by atoms with E-state index in [-0.39, 0.29) is 6.54 Å². The van der Waals surface area contributed by atoms with Gasteiger partial charge in [-0.1, -0.05) is 0 Å². The summed E-state index contributed by atoms with van der Waals surface area (Å²) in [5.74, 6) is 0.451. The fourth-order valence-corrected chi connectivity index (χ4v) is 4.54. The first-order valence-corrected chi connectivity index (χ1v) is 8.89. The minimum Gasteiger partial charge on any atom is -0.368 e. The van der Waals surface area contributed by atoms with E-state index in [2.05, 4.69) is 15.0 Å². The summed E-state index contributed by atoms with van der Waals surface area (Å²) in [6.07, 6.45) is 1.57. The molecule has 0 aliphatic carbocycles. The van der Waals surface area contributed by atoms with Crippen LogP contribution in [0.15, 0.2) is 29.3 Å². The van der Waals surface area contributed by atoms with E-state index in [1.165, 1.54) is 11.3 Å². The first-order valence-electron chi connectivity index (χ1n) is 6.60. The summed E-state index contributed by atoms with van der Waals surface area (Å²) in [5, 5.41) is 11.9. The second-order valence-electron chi connectivity index (χ2n) is 4.61. The van der Waals surface area contributed by atoms with Gasteiger partial charge in [0, 0.05) is 29.0 Å². The Bertz CT molecular complexity index is 806. The van der Waals surface area contributed by atoms with Crippen LogP contribution in [0.5, 0.6) is 0 Å². The zero-order chi connectivity index (χ0) is 16.2. The zero-order valence-electron chi connectivity index (χ0n) is 12.3. The number of nitrogens with zero attached hydrogens (tertiary/aromatic N) is 2. The maximum atomic E-state index is 12.2. The smallest absolute Gasteiger partial charge is 0.241 e. The molecule has 0 aliphatic heterocycles. The molecule has 0 aromatic carbocycles. The third-order valence-electron chi connectivity index (χ3n) is 2.92. The van der Waals surface area contributed by atoms with Gasteiger partial charge in [-0.25, -0.2) is 18.1 Å². The van der Waals surface area contributed by atoms with Crippen molar-refractivity contribution in [1.82, 2.24) is 9.71 Å². The lowest BCUT2D eigenvalue weighted by Crippen LogP contribution is -2.29. The minimum absolute atomic E-state index is 0.206. The molecule has 0 spiro atoms. The van der Waals surface area contributed by atoms with Crippen LogP contribution < -0.4 is 10.0 Å². The third-order valence-corrected chi connectivity index (χ3v) is 5.61. The molecular formula is C14H16N4O2S2. The van der Waals surface area contributed by atoms with E-state index in [1.54, 1.807) is 31.3 Å². The third kappa shape index (κ3) is 3.82. The summed E-state index contributed by atoms with van der Waals surface area (Å²) < 4.78 is 26.9. The standard InChI is InChI=1S/C14H16N4O2S2/c1-10-8-13(11(2)21-10)22(19,20)18-7-6-17-14-12(9-15)4-3-5-16-14/h3-5,8,18H,6-7H2,1-2H3,(H,16,17). The van der Waals surface area contributed by atoms with Crippen molar-refractivity contribution in [1.29, 1.82) is 5.26 Å². The molecule has 116 valence electrons. The van der Waals surface area contributed by atoms with Crippen molar-refractivity contribution in [3.05, 3.63) is 39.7 Å². The van der Waals surface area contributed by atoms with Gasteiger partial charge in [-0.05, 0) is 32.0 Å². The summed E-state index contributed by atoms with van der Waals surface area (Å²) >= 11 is 1.46. The van der Waals surface area contributed by atoms with Gasteiger partial charge in [-0.2, -0.15) is 5.26 Å². The molecule has 0 saturated carbocycles. The first kappa shape index (κ1) is 16.4. The Labute approximate surface area is 133 Å². The van der Waals surface area contributed by atoms with E-state index in [4.69, 9.17) is 5.26 Å². The average Bonchev–Trinajstić information content (AvgIpc) is 2.83.